The smallest absolute Gasteiger partial charge is 0.227 e. The van der Waals surface area contributed by atoms with Gasteiger partial charge in [-0.25, -0.2) is 0 Å². The maximum Gasteiger partial charge on any atom is 0.227 e. The number of benzene rings is 2. The number of aromatic hydroxyl groups is 1. The fraction of sp³-hybridized carbons (Fsp3) is 0.207. The van der Waals surface area contributed by atoms with Crippen LogP contribution in [0.25, 0.3) is 21.8 Å². The molecule has 180 valence electrons. The maximum absolute atomic E-state index is 13.6. The van der Waals surface area contributed by atoms with Crippen molar-refractivity contribution in [2.24, 2.45) is 0 Å². The molecule has 1 amide bonds. The van der Waals surface area contributed by atoms with Crippen molar-refractivity contribution in [3.63, 3.8) is 0 Å². The SMILES string of the molecule is Cc1cc(=O)c(O)c([C@@H](CC(=O)N2CCc3c([nH]c4ccccc34)C2)c2ccc3ncccc3c2)o1. The van der Waals surface area contributed by atoms with E-state index in [1.54, 1.807) is 13.1 Å². The quantitative estimate of drug-likeness (QED) is 0.386. The van der Waals surface area contributed by atoms with Gasteiger partial charge in [-0.05, 0) is 48.7 Å². The van der Waals surface area contributed by atoms with Crippen molar-refractivity contribution in [1.29, 1.82) is 0 Å². The number of hydrogen-bond donors (Lipinski definition) is 2. The number of amides is 1. The van der Waals surface area contributed by atoms with E-state index in [0.717, 1.165) is 34.1 Å². The van der Waals surface area contributed by atoms with Crippen molar-refractivity contribution in [1.82, 2.24) is 14.9 Å². The van der Waals surface area contributed by atoms with Gasteiger partial charge in [0.2, 0.25) is 17.1 Å². The molecule has 3 aromatic heterocycles. The molecule has 6 rings (SSSR count). The molecule has 7 nitrogen and oxygen atoms in total. The third-order valence-corrected chi connectivity index (χ3v) is 7.03. The largest absolute Gasteiger partial charge is 0.502 e. The summed E-state index contributed by atoms with van der Waals surface area (Å²) in [6, 6.07) is 18.9. The summed E-state index contributed by atoms with van der Waals surface area (Å²) in [5.74, 6) is -0.660. The first kappa shape index (κ1) is 22.1. The van der Waals surface area contributed by atoms with Crippen molar-refractivity contribution in [3.05, 3.63) is 105 Å². The zero-order chi connectivity index (χ0) is 24.8. The summed E-state index contributed by atoms with van der Waals surface area (Å²) in [4.78, 5) is 35.7. The zero-order valence-corrected chi connectivity index (χ0v) is 19.8. The Labute approximate surface area is 207 Å². The molecule has 1 aliphatic rings. The summed E-state index contributed by atoms with van der Waals surface area (Å²) < 4.78 is 5.86. The Balaban J connectivity index is 1.36. The van der Waals surface area contributed by atoms with E-state index in [4.69, 9.17) is 4.42 Å². The van der Waals surface area contributed by atoms with Crippen molar-refractivity contribution in [2.75, 3.05) is 6.54 Å². The van der Waals surface area contributed by atoms with Crippen LogP contribution >= 0.6 is 0 Å². The predicted octanol–water partition coefficient (Wildman–Crippen LogP) is 4.79. The monoisotopic (exact) mass is 479 g/mol. The van der Waals surface area contributed by atoms with Crippen LogP contribution in [0, 0.1) is 6.92 Å². The highest BCUT2D eigenvalue weighted by molar-refractivity contribution is 5.86. The lowest BCUT2D eigenvalue weighted by atomic mass is 9.90. The number of fused-ring (bicyclic) bond motifs is 4. The van der Waals surface area contributed by atoms with E-state index < -0.39 is 17.1 Å². The molecule has 0 saturated carbocycles. The molecule has 0 aliphatic carbocycles. The number of hydrogen-bond acceptors (Lipinski definition) is 5. The van der Waals surface area contributed by atoms with Crippen LogP contribution in [0.1, 0.15) is 40.7 Å². The van der Waals surface area contributed by atoms with Gasteiger partial charge in [-0.2, -0.15) is 0 Å². The third-order valence-electron chi connectivity index (χ3n) is 7.03. The first-order valence-corrected chi connectivity index (χ1v) is 12.0. The minimum Gasteiger partial charge on any atom is -0.502 e. The van der Waals surface area contributed by atoms with Crippen molar-refractivity contribution in [2.45, 2.75) is 32.2 Å². The molecule has 2 aromatic carbocycles. The number of aryl methyl sites for hydroxylation is 1. The van der Waals surface area contributed by atoms with E-state index in [2.05, 4.69) is 16.0 Å². The van der Waals surface area contributed by atoms with Gasteiger partial charge in [-0.1, -0.05) is 30.3 Å². The maximum atomic E-state index is 13.6. The number of carbonyl (C=O) groups excluding carboxylic acids is 1. The summed E-state index contributed by atoms with van der Waals surface area (Å²) in [6.45, 7) is 2.75. The Bertz CT molecular complexity index is 1680. The number of pyridine rings is 1. The van der Waals surface area contributed by atoms with Crippen LogP contribution in [0.5, 0.6) is 5.75 Å². The summed E-state index contributed by atoms with van der Waals surface area (Å²) in [5.41, 5.74) is 4.46. The highest BCUT2D eigenvalue weighted by Gasteiger charge is 2.30. The second-order valence-corrected chi connectivity index (χ2v) is 9.34. The molecule has 4 heterocycles. The lowest BCUT2D eigenvalue weighted by molar-refractivity contribution is -0.132. The van der Waals surface area contributed by atoms with Crippen molar-refractivity contribution >= 4 is 27.7 Å². The second-order valence-electron chi connectivity index (χ2n) is 9.34. The molecule has 0 saturated heterocycles. The standard InChI is InChI=1S/C29H25N3O4/c1-17-13-26(33)28(35)29(36-17)22(18-8-9-23-19(14-18)5-4-11-30-23)15-27(34)32-12-10-21-20-6-2-3-7-24(20)31-25(21)16-32/h2-9,11,13-14,22,31,35H,10,12,15-16H2,1H3/t22-/m0/s1. The topological polar surface area (TPSA) is 99.4 Å². The lowest BCUT2D eigenvalue weighted by Gasteiger charge is -2.29. The van der Waals surface area contributed by atoms with Gasteiger partial charge in [0, 0.05) is 47.2 Å². The van der Waals surface area contributed by atoms with E-state index in [9.17, 15) is 14.7 Å². The van der Waals surface area contributed by atoms with Gasteiger partial charge in [0.15, 0.2) is 5.76 Å². The van der Waals surface area contributed by atoms with Crippen LogP contribution in [-0.2, 0) is 17.8 Å². The molecule has 5 aromatic rings. The Kier molecular flexibility index (Phi) is 5.33. The first-order chi connectivity index (χ1) is 17.5. The van der Waals surface area contributed by atoms with E-state index in [1.165, 1.54) is 17.0 Å². The highest BCUT2D eigenvalue weighted by Crippen LogP contribution is 2.36. The molecule has 0 fully saturated rings. The number of rotatable bonds is 4. The molecule has 1 atom stereocenters. The van der Waals surface area contributed by atoms with Crippen LogP contribution in [0.2, 0.25) is 0 Å². The fourth-order valence-corrected chi connectivity index (χ4v) is 5.24. The van der Waals surface area contributed by atoms with E-state index in [-0.39, 0.29) is 18.1 Å². The summed E-state index contributed by atoms with van der Waals surface area (Å²) in [7, 11) is 0. The molecule has 2 N–H and O–H groups in total. The number of aromatic amines is 1. The number of nitrogens with zero attached hydrogens (tertiary/aromatic N) is 2. The van der Waals surface area contributed by atoms with Crippen LogP contribution in [0.3, 0.4) is 0 Å². The van der Waals surface area contributed by atoms with Gasteiger partial charge in [-0.3, -0.25) is 14.6 Å². The molecule has 0 radical (unpaired) electrons. The molecule has 0 unspecified atom stereocenters. The van der Waals surface area contributed by atoms with Crippen LogP contribution in [-0.4, -0.2) is 32.4 Å². The van der Waals surface area contributed by atoms with Crippen molar-refractivity contribution < 1.29 is 14.3 Å². The normalized spacial score (nSPS) is 14.2. The molecule has 7 heteroatoms. The number of para-hydroxylation sites is 1. The summed E-state index contributed by atoms with van der Waals surface area (Å²) in [6.07, 6.45) is 2.55. The van der Waals surface area contributed by atoms with E-state index in [0.29, 0.717) is 18.8 Å². The Hall–Kier alpha value is -4.39. The van der Waals surface area contributed by atoms with E-state index in [1.807, 2.05) is 53.4 Å². The van der Waals surface area contributed by atoms with Gasteiger partial charge >= 0.3 is 0 Å². The third kappa shape index (κ3) is 3.82. The summed E-state index contributed by atoms with van der Waals surface area (Å²) >= 11 is 0. The Morgan fingerprint density at radius 3 is 2.92 bits per heavy atom. The van der Waals surface area contributed by atoms with Gasteiger partial charge in [0.05, 0.1) is 18.0 Å². The second kappa shape index (κ2) is 8.68. The molecular formula is C29H25N3O4. The molecule has 36 heavy (non-hydrogen) atoms. The Morgan fingerprint density at radius 2 is 2.03 bits per heavy atom. The van der Waals surface area contributed by atoms with Crippen LogP contribution in [0.4, 0.5) is 0 Å². The summed E-state index contributed by atoms with van der Waals surface area (Å²) in [5, 5.41) is 12.8. The number of H-pyrrole nitrogens is 1. The minimum atomic E-state index is -0.626. The number of nitrogens with one attached hydrogen (secondary N) is 1. The van der Waals surface area contributed by atoms with Crippen molar-refractivity contribution in [3.8, 4) is 5.75 Å². The number of carbonyl (C=O) groups is 1. The van der Waals surface area contributed by atoms with Crippen LogP contribution < -0.4 is 5.43 Å². The first-order valence-electron chi connectivity index (χ1n) is 12.0. The predicted molar refractivity (Wildman–Crippen MR) is 137 cm³/mol. The zero-order valence-electron chi connectivity index (χ0n) is 19.8. The van der Waals surface area contributed by atoms with Gasteiger partial charge in [0.25, 0.3) is 0 Å². The molecule has 0 bridgehead atoms. The average Bonchev–Trinajstić information content (AvgIpc) is 3.27. The minimum absolute atomic E-state index is 0.0568. The molecular weight excluding hydrogens is 454 g/mol. The Morgan fingerprint density at radius 1 is 1.17 bits per heavy atom. The molecule has 0 spiro atoms. The highest BCUT2D eigenvalue weighted by atomic mass is 16.4. The average molecular weight is 480 g/mol. The van der Waals surface area contributed by atoms with Crippen LogP contribution in [0.15, 0.2) is 76.1 Å². The van der Waals surface area contributed by atoms with Gasteiger partial charge in [-0.15, -0.1) is 0 Å². The van der Waals surface area contributed by atoms with E-state index >= 15 is 0 Å². The van der Waals surface area contributed by atoms with Gasteiger partial charge < -0.3 is 19.4 Å². The molecule has 1 aliphatic heterocycles. The van der Waals surface area contributed by atoms with Gasteiger partial charge in [0.1, 0.15) is 5.76 Å². The number of aromatic nitrogens is 2. The fourth-order valence-electron chi connectivity index (χ4n) is 5.24. The lowest BCUT2D eigenvalue weighted by Crippen LogP contribution is -2.36.